The van der Waals surface area contributed by atoms with Crippen molar-refractivity contribution in [3.05, 3.63) is 0 Å². The van der Waals surface area contributed by atoms with Crippen LogP contribution in [0.3, 0.4) is 0 Å². The third-order valence-corrected chi connectivity index (χ3v) is 2.94. The maximum atomic E-state index is 11.6. The van der Waals surface area contributed by atoms with Crippen LogP contribution < -0.4 is 0 Å². The van der Waals surface area contributed by atoms with Gasteiger partial charge in [0.1, 0.15) is 6.10 Å². The van der Waals surface area contributed by atoms with E-state index in [9.17, 15) is 9.90 Å². The zero-order valence-corrected chi connectivity index (χ0v) is 12.3. The Kier molecular flexibility index (Phi) is 6.17. The highest BCUT2D eigenvalue weighted by Gasteiger charge is 2.29. The maximum absolute atomic E-state index is 11.6. The number of ether oxygens (including phenoxy) is 1. The molecule has 0 aromatic heterocycles. The predicted molar refractivity (Wildman–Crippen MR) is 69.6 cm³/mol. The number of esters is 1. The molecule has 1 unspecified atom stereocenters. The number of aliphatic hydroxyl groups excluding tert-OH is 1. The minimum atomic E-state index is -0.463. The van der Waals surface area contributed by atoms with Crippen LogP contribution in [0, 0.1) is 17.3 Å². The van der Waals surface area contributed by atoms with Crippen LogP contribution in [0.5, 0.6) is 0 Å². The molecule has 0 bridgehead atoms. The van der Waals surface area contributed by atoms with Gasteiger partial charge in [0.15, 0.2) is 0 Å². The molecule has 0 spiro atoms. The lowest BCUT2D eigenvalue weighted by molar-refractivity contribution is -0.157. The summed E-state index contributed by atoms with van der Waals surface area (Å²) < 4.78 is 5.44. The topological polar surface area (TPSA) is 46.5 Å². The number of hydrogen-bond donors (Lipinski definition) is 1. The van der Waals surface area contributed by atoms with E-state index >= 15 is 0 Å². The highest BCUT2D eigenvalue weighted by Crippen LogP contribution is 2.26. The molecule has 0 radical (unpaired) electrons. The second-order valence-corrected chi connectivity index (χ2v) is 6.49. The summed E-state index contributed by atoms with van der Waals surface area (Å²) >= 11 is 0. The van der Waals surface area contributed by atoms with E-state index in [4.69, 9.17) is 4.74 Å². The van der Waals surface area contributed by atoms with Gasteiger partial charge in [0, 0.05) is 6.42 Å². The molecule has 0 rings (SSSR count). The molecule has 0 amide bonds. The van der Waals surface area contributed by atoms with Gasteiger partial charge < -0.3 is 9.84 Å². The molecule has 0 saturated heterocycles. The Morgan fingerprint density at radius 2 is 1.65 bits per heavy atom. The van der Waals surface area contributed by atoms with Gasteiger partial charge in [0.05, 0.1) is 12.0 Å². The number of rotatable bonds is 5. The van der Waals surface area contributed by atoms with Crippen LogP contribution in [-0.4, -0.2) is 23.3 Å². The van der Waals surface area contributed by atoms with Gasteiger partial charge in [0.2, 0.25) is 0 Å². The fraction of sp³-hybridized carbons (Fsp3) is 0.929. The molecule has 0 fully saturated rings. The van der Waals surface area contributed by atoms with E-state index in [-0.39, 0.29) is 29.3 Å². The molecule has 0 aromatic carbocycles. The molecule has 3 heteroatoms. The maximum Gasteiger partial charge on any atom is 0.308 e. The van der Waals surface area contributed by atoms with Gasteiger partial charge in [0.25, 0.3) is 0 Å². The van der Waals surface area contributed by atoms with Crippen molar-refractivity contribution in [2.75, 3.05) is 0 Å². The van der Waals surface area contributed by atoms with Crippen LogP contribution in [0.4, 0.5) is 0 Å². The summed E-state index contributed by atoms with van der Waals surface area (Å²) in [4.78, 5) is 11.6. The lowest BCUT2D eigenvalue weighted by Crippen LogP contribution is -2.35. The van der Waals surface area contributed by atoms with Crippen molar-refractivity contribution < 1.29 is 14.6 Å². The highest BCUT2D eigenvalue weighted by atomic mass is 16.5. The fourth-order valence-electron chi connectivity index (χ4n) is 1.32. The second kappa shape index (κ2) is 6.39. The SMILES string of the molecule is CC(C)C(=O)OC(C[C@@H](O)C(C)(C)C)C(C)C. The monoisotopic (exact) mass is 244 g/mol. The molecule has 0 aromatic rings. The van der Waals surface area contributed by atoms with E-state index in [0.717, 1.165) is 0 Å². The Labute approximate surface area is 106 Å². The first kappa shape index (κ1) is 16.4. The van der Waals surface area contributed by atoms with Crippen LogP contribution in [0.25, 0.3) is 0 Å². The van der Waals surface area contributed by atoms with E-state index in [1.54, 1.807) is 0 Å². The molecule has 0 saturated carbocycles. The van der Waals surface area contributed by atoms with E-state index < -0.39 is 6.10 Å². The van der Waals surface area contributed by atoms with Gasteiger partial charge in [-0.1, -0.05) is 48.5 Å². The molecule has 0 aliphatic carbocycles. The van der Waals surface area contributed by atoms with Crippen LogP contribution in [0.1, 0.15) is 54.9 Å². The molecule has 17 heavy (non-hydrogen) atoms. The van der Waals surface area contributed by atoms with Gasteiger partial charge in [-0.3, -0.25) is 4.79 Å². The van der Waals surface area contributed by atoms with Crippen molar-refractivity contribution in [3.8, 4) is 0 Å². The van der Waals surface area contributed by atoms with Crippen molar-refractivity contribution >= 4 is 5.97 Å². The van der Waals surface area contributed by atoms with E-state index in [1.807, 2.05) is 48.5 Å². The van der Waals surface area contributed by atoms with Crippen LogP contribution >= 0.6 is 0 Å². The van der Waals surface area contributed by atoms with Crippen molar-refractivity contribution in [2.24, 2.45) is 17.3 Å². The smallest absolute Gasteiger partial charge is 0.308 e. The molecule has 102 valence electrons. The summed E-state index contributed by atoms with van der Waals surface area (Å²) in [6.07, 6.45) is -0.173. The van der Waals surface area contributed by atoms with Crippen molar-refractivity contribution in [3.63, 3.8) is 0 Å². The van der Waals surface area contributed by atoms with Gasteiger partial charge in [-0.2, -0.15) is 0 Å². The summed E-state index contributed by atoms with van der Waals surface area (Å²) in [5.74, 6) is -0.0949. The number of hydrogen-bond acceptors (Lipinski definition) is 3. The molecule has 0 aliphatic heterocycles. The van der Waals surface area contributed by atoms with Gasteiger partial charge in [-0.15, -0.1) is 0 Å². The van der Waals surface area contributed by atoms with Crippen LogP contribution in [0.15, 0.2) is 0 Å². The van der Waals surface area contributed by atoms with Gasteiger partial charge in [-0.25, -0.2) is 0 Å². The first-order valence-electron chi connectivity index (χ1n) is 6.44. The molecule has 1 N–H and O–H groups in total. The summed E-state index contributed by atoms with van der Waals surface area (Å²) in [5.41, 5.74) is -0.183. The second-order valence-electron chi connectivity index (χ2n) is 6.49. The molecular weight excluding hydrogens is 216 g/mol. The number of carbonyl (C=O) groups excluding carboxylic acids is 1. The average molecular weight is 244 g/mol. The Morgan fingerprint density at radius 3 is 1.94 bits per heavy atom. The zero-order valence-electron chi connectivity index (χ0n) is 12.3. The quantitative estimate of drug-likeness (QED) is 0.756. The lowest BCUT2D eigenvalue weighted by atomic mass is 9.84. The van der Waals surface area contributed by atoms with E-state index in [2.05, 4.69) is 0 Å². The molecular formula is C14H28O3. The Balaban J connectivity index is 4.51. The van der Waals surface area contributed by atoms with E-state index in [0.29, 0.717) is 6.42 Å². The van der Waals surface area contributed by atoms with Crippen LogP contribution in [0.2, 0.25) is 0 Å². The molecule has 0 aliphatic rings. The normalized spacial score (nSPS) is 16.1. The molecule has 2 atom stereocenters. The summed E-state index contributed by atoms with van der Waals surface area (Å²) in [5, 5.41) is 10.1. The van der Waals surface area contributed by atoms with Crippen molar-refractivity contribution in [1.29, 1.82) is 0 Å². The van der Waals surface area contributed by atoms with E-state index in [1.165, 1.54) is 0 Å². The minimum Gasteiger partial charge on any atom is -0.462 e. The fourth-order valence-corrected chi connectivity index (χ4v) is 1.32. The third kappa shape index (κ3) is 6.06. The first-order valence-corrected chi connectivity index (χ1v) is 6.44. The first-order chi connectivity index (χ1) is 7.55. The lowest BCUT2D eigenvalue weighted by Gasteiger charge is -2.31. The predicted octanol–water partition coefficient (Wildman–Crippen LogP) is 3.01. The molecule has 0 heterocycles. The van der Waals surface area contributed by atoms with Gasteiger partial charge in [-0.05, 0) is 11.3 Å². The average Bonchev–Trinajstić information content (AvgIpc) is 2.14. The number of carbonyl (C=O) groups is 1. The summed E-state index contributed by atoms with van der Waals surface area (Å²) in [6.45, 7) is 13.6. The van der Waals surface area contributed by atoms with Crippen LogP contribution in [-0.2, 0) is 9.53 Å². The Morgan fingerprint density at radius 1 is 1.18 bits per heavy atom. The minimum absolute atomic E-state index is 0.122. The highest BCUT2D eigenvalue weighted by molar-refractivity contribution is 5.71. The largest absolute Gasteiger partial charge is 0.462 e. The Hall–Kier alpha value is -0.570. The van der Waals surface area contributed by atoms with Crippen molar-refractivity contribution in [1.82, 2.24) is 0 Å². The summed E-state index contributed by atoms with van der Waals surface area (Å²) in [6, 6.07) is 0. The summed E-state index contributed by atoms with van der Waals surface area (Å²) in [7, 11) is 0. The van der Waals surface area contributed by atoms with Crippen molar-refractivity contribution in [2.45, 2.75) is 67.1 Å². The third-order valence-electron chi connectivity index (χ3n) is 2.94. The zero-order chi connectivity index (χ0) is 13.8. The standard InChI is InChI=1S/C14H28O3/c1-9(2)11(17-13(16)10(3)4)8-12(15)14(5,6)7/h9-12,15H,8H2,1-7H3/t11?,12-/m1/s1. The molecule has 3 nitrogen and oxygen atoms in total. The number of aliphatic hydroxyl groups is 1. The van der Waals surface area contributed by atoms with Gasteiger partial charge >= 0.3 is 5.97 Å². The Bertz CT molecular complexity index is 238.